The Hall–Kier alpha value is -1.43. The number of sulfone groups is 1. The zero-order valence-electron chi connectivity index (χ0n) is 16.8. The van der Waals surface area contributed by atoms with Crippen molar-refractivity contribution < 1.29 is 17.5 Å². The second kappa shape index (κ2) is 13.1. The molecule has 0 saturated carbocycles. The molecule has 166 valence electrons. The molecule has 0 atom stereocenters. The molecule has 2 aromatic rings. The van der Waals surface area contributed by atoms with E-state index in [1.54, 1.807) is 7.05 Å². The molecule has 0 aliphatic rings. The van der Waals surface area contributed by atoms with E-state index in [1.165, 1.54) is 18.2 Å². The molecule has 10 heteroatoms. The number of benzene rings is 2. The van der Waals surface area contributed by atoms with Crippen molar-refractivity contribution in [2.45, 2.75) is 18.9 Å². The smallest absolute Gasteiger partial charge is 0.191 e. The van der Waals surface area contributed by atoms with Crippen molar-refractivity contribution in [1.82, 2.24) is 10.6 Å². The van der Waals surface area contributed by atoms with Crippen LogP contribution < -0.4 is 10.6 Å². The Morgan fingerprint density at radius 2 is 1.93 bits per heavy atom. The van der Waals surface area contributed by atoms with Crippen molar-refractivity contribution in [3.63, 3.8) is 0 Å². The van der Waals surface area contributed by atoms with Crippen molar-refractivity contribution >= 4 is 51.4 Å². The second-order valence-corrected chi connectivity index (χ2v) is 9.09. The molecule has 0 aliphatic carbocycles. The van der Waals surface area contributed by atoms with Gasteiger partial charge in [-0.2, -0.15) is 0 Å². The number of hydrogen-bond acceptors (Lipinski definition) is 4. The van der Waals surface area contributed by atoms with Crippen LogP contribution in [0.4, 0.5) is 4.39 Å². The predicted molar refractivity (Wildman–Crippen MR) is 130 cm³/mol. The molecule has 0 bridgehead atoms. The summed E-state index contributed by atoms with van der Waals surface area (Å²) in [6.45, 7) is 1.66. The fourth-order valence-corrected chi connectivity index (χ4v) is 3.70. The number of halogens is 3. The third-order valence-corrected chi connectivity index (χ3v) is 5.02. The Kier molecular flexibility index (Phi) is 11.6. The van der Waals surface area contributed by atoms with E-state index in [1.807, 2.05) is 24.3 Å². The minimum Gasteiger partial charge on any atom is -0.375 e. The number of aliphatic imine (C=N–C) groups is 1. The third kappa shape index (κ3) is 10.1. The molecule has 0 aromatic heterocycles. The Balaban J connectivity index is 0.00000450. The lowest BCUT2D eigenvalue weighted by Crippen LogP contribution is -2.38. The number of ether oxygens (including phenoxy) is 1. The summed E-state index contributed by atoms with van der Waals surface area (Å²) in [7, 11) is -1.61. The molecule has 30 heavy (non-hydrogen) atoms. The highest BCUT2D eigenvalue weighted by molar-refractivity contribution is 14.0. The van der Waals surface area contributed by atoms with Crippen molar-refractivity contribution in [2.75, 3.05) is 26.5 Å². The molecule has 0 saturated heterocycles. The lowest BCUT2D eigenvalue weighted by atomic mass is 10.1. The van der Waals surface area contributed by atoms with E-state index >= 15 is 0 Å². The normalized spacial score (nSPS) is 11.7. The average molecular weight is 570 g/mol. The first-order chi connectivity index (χ1) is 13.8. The molecule has 0 spiro atoms. The van der Waals surface area contributed by atoms with Crippen LogP contribution >= 0.6 is 35.6 Å². The van der Waals surface area contributed by atoms with Gasteiger partial charge in [0.05, 0.1) is 19.0 Å². The molecule has 2 aromatic carbocycles. The standard InChI is InChI=1S/C20H25ClFN3O3S.HI/c1-23-20(24-8-9-28-13-15-4-3-5-18(21)10-15)25-12-17-11-19(22)7-6-16(17)14-29(2,26)27;/h3-7,10-11H,8-9,12-14H2,1-2H3,(H2,23,24,25);1H. The van der Waals surface area contributed by atoms with Crippen molar-refractivity contribution in [3.05, 3.63) is 70.0 Å². The highest BCUT2D eigenvalue weighted by atomic mass is 127. The molecule has 2 N–H and O–H groups in total. The van der Waals surface area contributed by atoms with Gasteiger partial charge in [-0.25, -0.2) is 12.8 Å². The van der Waals surface area contributed by atoms with Gasteiger partial charge in [-0.1, -0.05) is 29.8 Å². The number of rotatable bonds is 9. The molecular weight excluding hydrogens is 544 g/mol. The Bertz CT molecular complexity index is 958. The molecule has 0 amide bonds. The van der Waals surface area contributed by atoms with Gasteiger partial charge >= 0.3 is 0 Å². The molecule has 6 nitrogen and oxygen atoms in total. The molecular formula is C20H26ClFIN3O3S. The maximum Gasteiger partial charge on any atom is 0.191 e. The summed E-state index contributed by atoms with van der Waals surface area (Å²) in [5.41, 5.74) is 2.11. The van der Waals surface area contributed by atoms with Gasteiger partial charge in [-0.3, -0.25) is 4.99 Å². The number of nitrogens with one attached hydrogen (secondary N) is 2. The van der Waals surface area contributed by atoms with Crippen LogP contribution in [0.2, 0.25) is 5.02 Å². The van der Waals surface area contributed by atoms with Gasteiger partial charge in [0, 0.05) is 31.4 Å². The van der Waals surface area contributed by atoms with Crippen molar-refractivity contribution in [1.29, 1.82) is 0 Å². The van der Waals surface area contributed by atoms with Crippen LogP contribution in [0.5, 0.6) is 0 Å². The quantitative estimate of drug-likeness (QED) is 0.209. The molecule has 2 rings (SSSR count). The summed E-state index contributed by atoms with van der Waals surface area (Å²) in [6, 6.07) is 11.5. The van der Waals surface area contributed by atoms with Gasteiger partial charge < -0.3 is 15.4 Å². The SMILES string of the molecule is CN=C(NCCOCc1cccc(Cl)c1)NCc1cc(F)ccc1CS(C)(=O)=O.I. The fraction of sp³-hybridized carbons (Fsp3) is 0.350. The third-order valence-electron chi connectivity index (χ3n) is 3.95. The first kappa shape index (κ1) is 26.6. The number of nitrogens with zero attached hydrogens (tertiary/aromatic N) is 1. The van der Waals surface area contributed by atoms with E-state index in [-0.39, 0.29) is 36.3 Å². The van der Waals surface area contributed by atoms with E-state index in [4.69, 9.17) is 16.3 Å². The van der Waals surface area contributed by atoms with Gasteiger partial charge in [0.15, 0.2) is 15.8 Å². The highest BCUT2D eigenvalue weighted by Gasteiger charge is 2.11. The molecule has 0 radical (unpaired) electrons. The van der Waals surface area contributed by atoms with Crippen LogP contribution in [0, 0.1) is 5.82 Å². The topological polar surface area (TPSA) is 79.8 Å². The second-order valence-electron chi connectivity index (χ2n) is 6.52. The summed E-state index contributed by atoms with van der Waals surface area (Å²) in [5.74, 6) is -0.0597. The van der Waals surface area contributed by atoms with E-state index in [0.717, 1.165) is 11.8 Å². The van der Waals surface area contributed by atoms with Crippen LogP contribution in [0.1, 0.15) is 16.7 Å². The van der Waals surface area contributed by atoms with Crippen LogP contribution in [-0.2, 0) is 33.5 Å². The zero-order chi connectivity index (χ0) is 21.3. The fourth-order valence-electron chi connectivity index (χ4n) is 2.64. The molecule has 0 aliphatic heterocycles. The first-order valence-electron chi connectivity index (χ1n) is 8.98. The monoisotopic (exact) mass is 569 g/mol. The van der Waals surface area contributed by atoms with Crippen LogP contribution in [-0.4, -0.2) is 40.8 Å². The summed E-state index contributed by atoms with van der Waals surface area (Å²) < 4.78 is 42.4. The van der Waals surface area contributed by atoms with Crippen LogP contribution in [0.3, 0.4) is 0 Å². The van der Waals surface area contributed by atoms with E-state index in [9.17, 15) is 12.8 Å². The summed E-state index contributed by atoms with van der Waals surface area (Å²) in [4.78, 5) is 4.11. The van der Waals surface area contributed by atoms with Gasteiger partial charge in [0.25, 0.3) is 0 Å². The van der Waals surface area contributed by atoms with E-state index in [0.29, 0.717) is 41.9 Å². The summed E-state index contributed by atoms with van der Waals surface area (Å²) in [6.07, 6.45) is 1.15. The van der Waals surface area contributed by atoms with Crippen molar-refractivity contribution in [3.8, 4) is 0 Å². The van der Waals surface area contributed by atoms with Gasteiger partial charge in [0.1, 0.15) is 5.82 Å². The Labute approximate surface area is 199 Å². The van der Waals surface area contributed by atoms with Crippen LogP contribution in [0.25, 0.3) is 0 Å². The summed E-state index contributed by atoms with van der Waals surface area (Å²) in [5, 5.41) is 6.82. The maximum absolute atomic E-state index is 13.6. The number of guanidine groups is 1. The lowest BCUT2D eigenvalue weighted by Gasteiger charge is -2.14. The van der Waals surface area contributed by atoms with E-state index in [2.05, 4.69) is 15.6 Å². The van der Waals surface area contributed by atoms with Gasteiger partial charge in [-0.05, 0) is 41.0 Å². The maximum atomic E-state index is 13.6. The zero-order valence-corrected chi connectivity index (χ0v) is 20.7. The minimum absolute atomic E-state index is 0. The first-order valence-corrected chi connectivity index (χ1v) is 11.4. The van der Waals surface area contributed by atoms with E-state index < -0.39 is 15.7 Å². The largest absolute Gasteiger partial charge is 0.375 e. The van der Waals surface area contributed by atoms with Crippen LogP contribution in [0.15, 0.2) is 47.5 Å². The van der Waals surface area contributed by atoms with Crippen molar-refractivity contribution in [2.24, 2.45) is 4.99 Å². The minimum atomic E-state index is -3.22. The lowest BCUT2D eigenvalue weighted by molar-refractivity contribution is 0.125. The Morgan fingerprint density at radius 1 is 1.17 bits per heavy atom. The molecule has 0 unspecified atom stereocenters. The van der Waals surface area contributed by atoms with Gasteiger partial charge in [0.2, 0.25) is 0 Å². The highest BCUT2D eigenvalue weighted by Crippen LogP contribution is 2.14. The number of hydrogen-bond donors (Lipinski definition) is 2. The molecule has 0 heterocycles. The predicted octanol–water partition coefficient (Wildman–Crippen LogP) is 3.52. The molecule has 0 fully saturated rings. The van der Waals surface area contributed by atoms with Gasteiger partial charge in [-0.15, -0.1) is 24.0 Å². The Morgan fingerprint density at radius 3 is 2.60 bits per heavy atom. The summed E-state index contributed by atoms with van der Waals surface area (Å²) >= 11 is 5.94. The average Bonchev–Trinajstić information content (AvgIpc) is 2.65.